The number of nitrogens with zero attached hydrogens (tertiary/aromatic N) is 2. The molecule has 0 spiro atoms. The van der Waals surface area contributed by atoms with Gasteiger partial charge in [0, 0.05) is 0 Å². The van der Waals surface area contributed by atoms with Crippen LogP contribution in [0.2, 0.25) is 0 Å². The third-order valence-electron chi connectivity index (χ3n) is 5.24. The molecule has 0 fully saturated rings. The minimum atomic E-state index is -0.752. The number of ether oxygens (including phenoxy) is 3. The Balaban J connectivity index is 1.69. The van der Waals surface area contributed by atoms with Crippen LogP contribution < -0.4 is 24.4 Å². The summed E-state index contributed by atoms with van der Waals surface area (Å²) in [5.74, 6) is 1.95. The van der Waals surface area contributed by atoms with Crippen LogP contribution in [-0.2, 0) is 9.53 Å². The average Bonchev–Trinajstić information content (AvgIpc) is 3.47. The first-order valence-corrected chi connectivity index (χ1v) is 10.9. The molecule has 2 aromatic heterocycles. The molecular formula is C23H20N2O6S. The number of carbonyl (C=O) groups is 1. The van der Waals surface area contributed by atoms with E-state index in [0.29, 0.717) is 43.6 Å². The third kappa shape index (κ3) is 3.34. The number of rotatable bonds is 4. The Bertz CT molecular complexity index is 1440. The Morgan fingerprint density at radius 3 is 2.81 bits per heavy atom. The minimum absolute atomic E-state index is 0.180. The van der Waals surface area contributed by atoms with Crippen molar-refractivity contribution in [1.29, 1.82) is 0 Å². The van der Waals surface area contributed by atoms with Gasteiger partial charge in [0.15, 0.2) is 16.3 Å². The van der Waals surface area contributed by atoms with Crippen LogP contribution in [0, 0.1) is 6.92 Å². The number of hydrogen-bond acceptors (Lipinski definition) is 8. The number of benzene rings is 1. The normalized spacial score (nSPS) is 17.3. The minimum Gasteiger partial charge on any atom is -0.464 e. The van der Waals surface area contributed by atoms with E-state index in [1.165, 1.54) is 15.9 Å². The van der Waals surface area contributed by atoms with Crippen LogP contribution in [-0.4, -0.2) is 23.9 Å². The SMILES string of the molecule is CCOC(=O)C1=C(C)N=c2s/c(=C\c3ccc4c(c3)OCO4)c(=O)n2[C@@H]1c1ccc(C)o1. The van der Waals surface area contributed by atoms with Gasteiger partial charge in [0.25, 0.3) is 5.56 Å². The number of hydrogen-bond donors (Lipinski definition) is 0. The Labute approximate surface area is 186 Å². The zero-order chi connectivity index (χ0) is 22.4. The van der Waals surface area contributed by atoms with E-state index in [1.807, 2.05) is 25.1 Å². The van der Waals surface area contributed by atoms with E-state index in [0.717, 1.165) is 5.56 Å². The number of carbonyl (C=O) groups excluding carboxylic acids is 1. The van der Waals surface area contributed by atoms with E-state index in [2.05, 4.69) is 4.99 Å². The summed E-state index contributed by atoms with van der Waals surface area (Å²) in [4.78, 5) is 31.3. The molecule has 2 aliphatic heterocycles. The lowest BCUT2D eigenvalue weighted by Gasteiger charge is -2.22. The number of aromatic nitrogens is 1. The van der Waals surface area contributed by atoms with Gasteiger partial charge in [-0.25, -0.2) is 9.79 Å². The fraction of sp³-hybridized carbons (Fsp3) is 0.261. The summed E-state index contributed by atoms with van der Waals surface area (Å²) in [6.07, 6.45) is 1.78. The number of aryl methyl sites for hydroxylation is 1. The van der Waals surface area contributed by atoms with Crippen LogP contribution in [0.4, 0.5) is 0 Å². The molecule has 0 radical (unpaired) electrons. The van der Waals surface area contributed by atoms with E-state index in [9.17, 15) is 9.59 Å². The molecule has 1 aromatic carbocycles. The molecule has 0 aliphatic carbocycles. The molecule has 0 amide bonds. The fourth-order valence-electron chi connectivity index (χ4n) is 3.82. The second-order valence-electron chi connectivity index (χ2n) is 7.36. The molecule has 9 heteroatoms. The van der Waals surface area contributed by atoms with Crippen LogP contribution in [0.5, 0.6) is 11.5 Å². The smallest absolute Gasteiger partial charge is 0.338 e. The number of thiazole rings is 1. The molecule has 0 N–H and O–H groups in total. The van der Waals surface area contributed by atoms with Gasteiger partial charge in [0.05, 0.1) is 22.4 Å². The molecule has 4 heterocycles. The summed E-state index contributed by atoms with van der Waals surface area (Å²) in [6.45, 7) is 5.69. The highest BCUT2D eigenvalue weighted by molar-refractivity contribution is 7.07. The Morgan fingerprint density at radius 1 is 1.25 bits per heavy atom. The summed E-state index contributed by atoms with van der Waals surface area (Å²) < 4.78 is 23.9. The molecule has 1 atom stereocenters. The zero-order valence-corrected chi connectivity index (χ0v) is 18.5. The fourth-order valence-corrected chi connectivity index (χ4v) is 4.86. The lowest BCUT2D eigenvalue weighted by Crippen LogP contribution is -2.39. The van der Waals surface area contributed by atoms with Gasteiger partial charge in [-0.1, -0.05) is 17.4 Å². The third-order valence-corrected chi connectivity index (χ3v) is 6.23. The Morgan fingerprint density at radius 2 is 2.06 bits per heavy atom. The van der Waals surface area contributed by atoms with E-state index < -0.39 is 12.0 Å². The molecule has 8 nitrogen and oxygen atoms in total. The van der Waals surface area contributed by atoms with E-state index in [1.54, 1.807) is 32.1 Å². The topological polar surface area (TPSA) is 92.3 Å². The van der Waals surface area contributed by atoms with Crippen molar-refractivity contribution in [3.8, 4) is 11.5 Å². The van der Waals surface area contributed by atoms with E-state index in [-0.39, 0.29) is 19.0 Å². The van der Waals surface area contributed by atoms with Crippen molar-refractivity contribution in [2.24, 2.45) is 4.99 Å². The monoisotopic (exact) mass is 452 g/mol. The summed E-state index contributed by atoms with van der Waals surface area (Å²) in [5.41, 5.74) is 1.33. The van der Waals surface area contributed by atoms with Crippen molar-refractivity contribution >= 4 is 23.4 Å². The van der Waals surface area contributed by atoms with Crippen LogP contribution in [0.3, 0.4) is 0 Å². The van der Waals surface area contributed by atoms with Gasteiger partial charge in [0.2, 0.25) is 6.79 Å². The molecule has 5 rings (SSSR count). The number of furan rings is 1. The van der Waals surface area contributed by atoms with Crippen LogP contribution in [0.1, 0.15) is 37.0 Å². The second kappa shape index (κ2) is 7.83. The number of allylic oxidation sites excluding steroid dienone is 1. The molecule has 2 aliphatic rings. The molecule has 32 heavy (non-hydrogen) atoms. The maximum atomic E-state index is 13.5. The highest BCUT2D eigenvalue weighted by atomic mass is 32.1. The van der Waals surface area contributed by atoms with Crippen molar-refractivity contribution in [2.45, 2.75) is 26.8 Å². The molecule has 0 unspecified atom stereocenters. The van der Waals surface area contributed by atoms with Gasteiger partial charge in [-0.05, 0) is 56.7 Å². The maximum Gasteiger partial charge on any atom is 0.338 e. The first-order chi connectivity index (χ1) is 15.5. The quantitative estimate of drug-likeness (QED) is 0.565. The molecular weight excluding hydrogens is 432 g/mol. The summed E-state index contributed by atoms with van der Waals surface area (Å²) in [5, 5.41) is 0. The molecule has 0 saturated heterocycles. The maximum absolute atomic E-state index is 13.5. The van der Waals surface area contributed by atoms with Crippen LogP contribution in [0.15, 0.2) is 55.8 Å². The molecule has 164 valence electrons. The Hall–Kier alpha value is -3.59. The molecule has 3 aromatic rings. The first-order valence-electron chi connectivity index (χ1n) is 10.1. The van der Waals surface area contributed by atoms with Gasteiger partial charge >= 0.3 is 5.97 Å². The number of fused-ring (bicyclic) bond motifs is 2. The standard InChI is InChI=1S/C23H20N2O6S/c1-4-28-22(27)19-13(3)24-23-25(20(19)16-7-5-12(2)31-16)21(26)18(32-23)10-14-6-8-15-17(9-14)30-11-29-15/h5-10,20H,4,11H2,1-3H3/b18-10-/t20-/m1/s1. The van der Waals surface area contributed by atoms with Gasteiger partial charge in [0.1, 0.15) is 17.6 Å². The van der Waals surface area contributed by atoms with Crippen LogP contribution >= 0.6 is 11.3 Å². The zero-order valence-electron chi connectivity index (χ0n) is 17.7. The lowest BCUT2D eigenvalue weighted by atomic mass is 10.0. The molecule has 0 bridgehead atoms. The van der Waals surface area contributed by atoms with E-state index in [4.69, 9.17) is 18.6 Å². The van der Waals surface area contributed by atoms with Crippen molar-refractivity contribution in [3.63, 3.8) is 0 Å². The predicted octanol–water partition coefficient (Wildman–Crippen LogP) is 2.43. The van der Waals surface area contributed by atoms with Gasteiger partial charge in [-0.2, -0.15) is 0 Å². The number of esters is 1. The summed E-state index contributed by atoms with van der Waals surface area (Å²) in [6, 6.07) is 8.31. The van der Waals surface area contributed by atoms with Crippen molar-refractivity contribution in [2.75, 3.05) is 13.4 Å². The van der Waals surface area contributed by atoms with Gasteiger partial charge < -0.3 is 18.6 Å². The highest BCUT2D eigenvalue weighted by Gasteiger charge is 2.35. The van der Waals surface area contributed by atoms with Crippen molar-refractivity contribution in [1.82, 2.24) is 4.57 Å². The van der Waals surface area contributed by atoms with Crippen LogP contribution in [0.25, 0.3) is 6.08 Å². The average molecular weight is 452 g/mol. The predicted molar refractivity (Wildman–Crippen MR) is 116 cm³/mol. The molecule has 0 saturated carbocycles. The summed E-state index contributed by atoms with van der Waals surface area (Å²) in [7, 11) is 0. The van der Waals surface area contributed by atoms with E-state index >= 15 is 0 Å². The van der Waals surface area contributed by atoms with Crippen molar-refractivity contribution in [3.05, 3.63) is 78.4 Å². The van der Waals surface area contributed by atoms with Gasteiger partial charge in [-0.3, -0.25) is 9.36 Å². The lowest BCUT2D eigenvalue weighted by molar-refractivity contribution is -0.139. The highest BCUT2D eigenvalue weighted by Crippen LogP contribution is 2.33. The first kappa shape index (κ1) is 20.3. The van der Waals surface area contributed by atoms with Crippen molar-refractivity contribution < 1.29 is 23.4 Å². The second-order valence-corrected chi connectivity index (χ2v) is 8.37. The van der Waals surface area contributed by atoms with Gasteiger partial charge in [-0.15, -0.1) is 0 Å². The Kier molecular flexibility index (Phi) is 4.97. The summed E-state index contributed by atoms with van der Waals surface area (Å²) >= 11 is 1.25. The largest absolute Gasteiger partial charge is 0.464 e.